The quantitative estimate of drug-likeness (QED) is 0.502. The molecule has 94 valence electrons. The number of rotatable bonds is 4. The standard InChI is InChI=1S/C10H7FIN3O2S/c11-6-3-8(9(15(16)17)4-7(6)12)14-5-10-13-1-2-18-10/h1-4,14H,5H2. The summed E-state index contributed by atoms with van der Waals surface area (Å²) in [5.74, 6) is -0.483. The molecule has 8 heteroatoms. The summed E-state index contributed by atoms with van der Waals surface area (Å²) in [4.78, 5) is 14.4. The highest BCUT2D eigenvalue weighted by Gasteiger charge is 2.17. The Morgan fingerprint density at radius 1 is 1.56 bits per heavy atom. The number of nitro groups is 1. The topological polar surface area (TPSA) is 68.1 Å². The fourth-order valence-electron chi connectivity index (χ4n) is 1.34. The van der Waals surface area contributed by atoms with E-state index in [1.807, 2.05) is 0 Å². The summed E-state index contributed by atoms with van der Waals surface area (Å²) in [7, 11) is 0. The van der Waals surface area contributed by atoms with Crippen molar-refractivity contribution in [1.82, 2.24) is 4.98 Å². The number of hydrogen-bond acceptors (Lipinski definition) is 5. The van der Waals surface area contributed by atoms with Crippen molar-refractivity contribution in [3.63, 3.8) is 0 Å². The predicted molar refractivity (Wildman–Crippen MR) is 75.2 cm³/mol. The molecule has 0 atom stereocenters. The van der Waals surface area contributed by atoms with Crippen molar-refractivity contribution in [3.8, 4) is 0 Å². The van der Waals surface area contributed by atoms with Crippen LogP contribution >= 0.6 is 33.9 Å². The maximum absolute atomic E-state index is 13.4. The lowest BCUT2D eigenvalue weighted by molar-refractivity contribution is -0.384. The highest BCUT2D eigenvalue weighted by Crippen LogP contribution is 2.29. The van der Waals surface area contributed by atoms with Gasteiger partial charge in [0.2, 0.25) is 0 Å². The van der Waals surface area contributed by atoms with E-state index in [2.05, 4.69) is 10.3 Å². The van der Waals surface area contributed by atoms with Gasteiger partial charge in [-0.3, -0.25) is 10.1 Å². The van der Waals surface area contributed by atoms with E-state index >= 15 is 0 Å². The lowest BCUT2D eigenvalue weighted by atomic mass is 10.2. The molecule has 0 saturated carbocycles. The molecule has 0 amide bonds. The molecule has 18 heavy (non-hydrogen) atoms. The summed E-state index contributed by atoms with van der Waals surface area (Å²) in [6, 6.07) is 2.34. The van der Waals surface area contributed by atoms with Crippen molar-refractivity contribution >= 4 is 45.3 Å². The van der Waals surface area contributed by atoms with Gasteiger partial charge in [0.05, 0.1) is 15.0 Å². The van der Waals surface area contributed by atoms with Gasteiger partial charge in [-0.25, -0.2) is 9.37 Å². The third-order valence-electron chi connectivity index (χ3n) is 2.15. The summed E-state index contributed by atoms with van der Waals surface area (Å²) >= 11 is 3.15. The first-order valence-corrected chi connectivity index (χ1v) is 6.79. The van der Waals surface area contributed by atoms with Crippen molar-refractivity contribution in [2.75, 3.05) is 5.32 Å². The number of nitro benzene ring substituents is 1. The fourth-order valence-corrected chi connectivity index (χ4v) is 2.35. The molecular weight excluding hydrogens is 372 g/mol. The van der Waals surface area contributed by atoms with Crippen molar-refractivity contribution in [3.05, 3.63) is 48.2 Å². The number of aromatic nitrogens is 1. The van der Waals surface area contributed by atoms with E-state index in [9.17, 15) is 14.5 Å². The third kappa shape index (κ3) is 2.93. The van der Waals surface area contributed by atoms with Crippen molar-refractivity contribution in [2.45, 2.75) is 6.54 Å². The summed E-state index contributed by atoms with van der Waals surface area (Å²) in [6.45, 7) is 0.332. The van der Waals surface area contributed by atoms with Crippen LogP contribution in [0.15, 0.2) is 23.7 Å². The number of hydrogen-bond donors (Lipinski definition) is 1. The minimum Gasteiger partial charge on any atom is -0.373 e. The van der Waals surface area contributed by atoms with Crippen LogP contribution in [0.25, 0.3) is 0 Å². The van der Waals surface area contributed by atoms with Gasteiger partial charge in [-0.15, -0.1) is 11.3 Å². The average Bonchev–Trinajstić information content (AvgIpc) is 2.83. The molecule has 2 aromatic rings. The second-order valence-corrected chi connectivity index (χ2v) is 5.46. The molecule has 0 aliphatic rings. The van der Waals surface area contributed by atoms with Crippen LogP contribution in [0.1, 0.15) is 5.01 Å². The molecule has 2 rings (SSSR count). The Labute approximate surface area is 119 Å². The number of nitrogens with one attached hydrogen (secondary N) is 1. The highest BCUT2D eigenvalue weighted by atomic mass is 127. The number of thiazole rings is 1. The van der Waals surface area contributed by atoms with Gasteiger partial charge in [-0.1, -0.05) is 0 Å². The van der Waals surface area contributed by atoms with Crippen LogP contribution in [-0.2, 0) is 6.54 Å². The Balaban J connectivity index is 2.25. The van der Waals surface area contributed by atoms with Crippen LogP contribution < -0.4 is 5.32 Å². The third-order valence-corrected chi connectivity index (χ3v) is 3.76. The monoisotopic (exact) mass is 379 g/mol. The summed E-state index contributed by atoms with van der Waals surface area (Å²) < 4.78 is 13.6. The maximum Gasteiger partial charge on any atom is 0.293 e. The largest absolute Gasteiger partial charge is 0.373 e. The first kappa shape index (κ1) is 13.1. The van der Waals surface area contributed by atoms with E-state index in [-0.39, 0.29) is 14.9 Å². The predicted octanol–water partition coefficient (Wildman–Crippen LogP) is 3.41. The van der Waals surface area contributed by atoms with E-state index in [1.54, 1.807) is 34.2 Å². The Morgan fingerprint density at radius 3 is 2.94 bits per heavy atom. The Morgan fingerprint density at radius 2 is 2.33 bits per heavy atom. The Kier molecular flexibility index (Phi) is 4.07. The van der Waals surface area contributed by atoms with Gasteiger partial charge in [0.1, 0.15) is 16.5 Å². The first-order chi connectivity index (χ1) is 8.58. The van der Waals surface area contributed by atoms with Crippen LogP contribution in [-0.4, -0.2) is 9.91 Å². The molecule has 0 fully saturated rings. The SMILES string of the molecule is O=[N+]([O-])c1cc(I)c(F)cc1NCc1nccs1. The Bertz CT molecular complexity index is 577. The number of benzene rings is 1. The minimum absolute atomic E-state index is 0.141. The minimum atomic E-state index is -0.536. The van der Waals surface area contributed by atoms with Crippen molar-refractivity contribution < 1.29 is 9.31 Å². The molecule has 1 N–H and O–H groups in total. The molecule has 1 aromatic carbocycles. The number of halogens is 2. The molecular formula is C10H7FIN3O2S. The molecule has 0 aliphatic heterocycles. The van der Waals surface area contributed by atoms with Gasteiger partial charge in [0, 0.05) is 23.7 Å². The van der Waals surface area contributed by atoms with Crippen molar-refractivity contribution in [1.29, 1.82) is 0 Å². The zero-order chi connectivity index (χ0) is 13.1. The molecule has 0 spiro atoms. The molecule has 0 aliphatic carbocycles. The van der Waals surface area contributed by atoms with Gasteiger partial charge in [-0.05, 0) is 22.6 Å². The summed E-state index contributed by atoms with van der Waals surface area (Å²) in [5.41, 5.74) is 0.0190. The first-order valence-electron chi connectivity index (χ1n) is 4.83. The van der Waals surface area contributed by atoms with Gasteiger partial charge in [-0.2, -0.15) is 0 Å². The second kappa shape index (κ2) is 5.57. The van der Waals surface area contributed by atoms with Gasteiger partial charge in [0.25, 0.3) is 5.69 Å². The maximum atomic E-state index is 13.4. The van der Waals surface area contributed by atoms with E-state index in [1.165, 1.54) is 17.4 Å². The summed E-state index contributed by atoms with van der Waals surface area (Å²) in [6.07, 6.45) is 1.64. The van der Waals surface area contributed by atoms with Crippen LogP contribution in [0.2, 0.25) is 0 Å². The van der Waals surface area contributed by atoms with Gasteiger partial charge in [0.15, 0.2) is 0 Å². The molecule has 1 heterocycles. The van der Waals surface area contributed by atoms with E-state index in [0.29, 0.717) is 6.54 Å². The van der Waals surface area contributed by atoms with E-state index < -0.39 is 10.7 Å². The normalized spacial score (nSPS) is 10.3. The molecule has 0 radical (unpaired) electrons. The molecule has 1 aromatic heterocycles. The smallest absolute Gasteiger partial charge is 0.293 e. The zero-order valence-corrected chi connectivity index (χ0v) is 11.9. The van der Waals surface area contributed by atoms with Crippen LogP contribution in [0.5, 0.6) is 0 Å². The van der Waals surface area contributed by atoms with Gasteiger partial charge >= 0.3 is 0 Å². The fraction of sp³-hybridized carbons (Fsp3) is 0.100. The molecule has 0 unspecified atom stereocenters. The number of anilines is 1. The highest BCUT2D eigenvalue weighted by molar-refractivity contribution is 14.1. The summed E-state index contributed by atoms with van der Waals surface area (Å²) in [5, 5.41) is 16.3. The Hall–Kier alpha value is -1.29. The van der Waals surface area contributed by atoms with Crippen LogP contribution in [0.4, 0.5) is 15.8 Å². The van der Waals surface area contributed by atoms with E-state index in [0.717, 1.165) is 11.1 Å². The number of nitrogens with zero attached hydrogens (tertiary/aromatic N) is 2. The van der Waals surface area contributed by atoms with Crippen molar-refractivity contribution in [2.24, 2.45) is 0 Å². The second-order valence-electron chi connectivity index (χ2n) is 3.32. The van der Waals surface area contributed by atoms with Gasteiger partial charge < -0.3 is 5.32 Å². The zero-order valence-electron chi connectivity index (χ0n) is 8.89. The van der Waals surface area contributed by atoms with Crippen LogP contribution in [0, 0.1) is 19.5 Å². The van der Waals surface area contributed by atoms with E-state index in [4.69, 9.17) is 0 Å². The average molecular weight is 379 g/mol. The molecule has 0 bridgehead atoms. The lowest BCUT2D eigenvalue weighted by Crippen LogP contribution is -2.03. The molecule has 5 nitrogen and oxygen atoms in total. The molecule has 0 saturated heterocycles. The van der Waals surface area contributed by atoms with Crippen LogP contribution in [0.3, 0.4) is 0 Å². The lowest BCUT2D eigenvalue weighted by Gasteiger charge is -2.06.